The average molecular weight is 314 g/mol. The number of ether oxygens (including phenoxy) is 2. The fourth-order valence-electron chi connectivity index (χ4n) is 2.15. The van der Waals surface area contributed by atoms with Gasteiger partial charge in [0.2, 0.25) is 5.72 Å². The van der Waals surface area contributed by atoms with Gasteiger partial charge in [0.25, 0.3) is 12.3 Å². The van der Waals surface area contributed by atoms with Crippen molar-refractivity contribution in [2.45, 2.75) is 18.6 Å². The summed E-state index contributed by atoms with van der Waals surface area (Å²) in [5, 5.41) is 10.5. The van der Waals surface area contributed by atoms with E-state index in [2.05, 4.69) is 12.0 Å². The number of alkyl halides is 2. The molecule has 0 spiro atoms. The second-order valence-electron chi connectivity index (χ2n) is 4.81. The highest BCUT2D eigenvalue weighted by atomic mass is 19.3. The van der Waals surface area contributed by atoms with E-state index in [0.29, 0.717) is 16.5 Å². The van der Waals surface area contributed by atoms with E-state index in [9.17, 15) is 18.7 Å². The summed E-state index contributed by atoms with van der Waals surface area (Å²) < 4.78 is 36.3. The lowest BCUT2D eigenvalue weighted by molar-refractivity contribution is -0.168. The van der Waals surface area contributed by atoms with Crippen LogP contribution in [0.15, 0.2) is 30.5 Å². The van der Waals surface area contributed by atoms with Crippen molar-refractivity contribution in [3.63, 3.8) is 0 Å². The van der Waals surface area contributed by atoms with Gasteiger partial charge in [-0.05, 0) is 12.1 Å². The molecule has 0 saturated carbocycles. The van der Waals surface area contributed by atoms with Crippen molar-refractivity contribution in [1.82, 2.24) is 10.4 Å². The molecule has 0 radical (unpaired) electrons. The van der Waals surface area contributed by atoms with Crippen LogP contribution in [0.3, 0.4) is 0 Å². The second-order valence-corrected chi connectivity index (χ2v) is 4.81. The summed E-state index contributed by atoms with van der Waals surface area (Å²) in [6, 6.07) is 4.26. The standard InChI is InChI=1S/C14H16F2N2O4/c1-8-7-14(20,13(15)16)18(17-8)12(19)9-4-10(21-2)6-11(5-9)22-3/h4-6,13,17,20H,1,7H2,2-3H3. The van der Waals surface area contributed by atoms with Gasteiger partial charge in [0, 0.05) is 23.7 Å². The molecule has 1 aliphatic heterocycles. The number of aliphatic hydroxyl groups is 1. The molecule has 0 bridgehead atoms. The number of hydrogen-bond donors (Lipinski definition) is 2. The predicted octanol–water partition coefficient (Wildman–Crippen LogP) is 1.52. The molecule has 1 aliphatic rings. The van der Waals surface area contributed by atoms with Gasteiger partial charge in [-0.15, -0.1) is 0 Å². The van der Waals surface area contributed by atoms with Gasteiger partial charge in [0.1, 0.15) is 11.5 Å². The fraction of sp³-hybridized carbons (Fsp3) is 0.357. The topological polar surface area (TPSA) is 71.0 Å². The molecular weight excluding hydrogens is 298 g/mol. The minimum absolute atomic E-state index is 0.0254. The summed E-state index contributed by atoms with van der Waals surface area (Å²) >= 11 is 0. The molecule has 2 N–H and O–H groups in total. The fourth-order valence-corrected chi connectivity index (χ4v) is 2.15. The van der Waals surface area contributed by atoms with Crippen LogP contribution in [0.25, 0.3) is 0 Å². The second kappa shape index (κ2) is 5.80. The van der Waals surface area contributed by atoms with Gasteiger partial charge >= 0.3 is 0 Å². The van der Waals surface area contributed by atoms with Crippen molar-refractivity contribution in [1.29, 1.82) is 0 Å². The van der Waals surface area contributed by atoms with Crippen molar-refractivity contribution in [2.75, 3.05) is 14.2 Å². The van der Waals surface area contributed by atoms with Crippen LogP contribution < -0.4 is 14.9 Å². The number of hydrogen-bond acceptors (Lipinski definition) is 5. The first-order chi connectivity index (χ1) is 10.3. The monoisotopic (exact) mass is 314 g/mol. The molecular formula is C14H16F2N2O4. The summed E-state index contributed by atoms with van der Waals surface area (Å²) in [7, 11) is 2.79. The quantitative estimate of drug-likeness (QED) is 0.882. The Bertz CT molecular complexity index is 586. The number of carbonyl (C=O) groups excluding carboxylic acids is 1. The Kier molecular flexibility index (Phi) is 4.23. The Labute approximate surface area is 125 Å². The van der Waals surface area contributed by atoms with E-state index in [-0.39, 0.29) is 11.3 Å². The van der Waals surface area contributed by atoms with Crippen LogP contribution in [0.5, 0.6) is 11.5 Å². The first kappa shape index (κ1) is 16.0. The third kappa shape index (κ3) is 2.69. The van der Waals surface area contributed by atoms with E-state index in [1.807, 2.05) is 0 Å². The van der Waals surface area contributed by atoms with E-state index in [0.717, 1.165) is 0 Å². The molecule has 2 rings (SSSR count). The SMILES string of the molecule is C=C1CC(O)(C(F)F)N(C(=O)c2cc(OC)cc(OC)c2)N1. The normalized spacial score (nSPS) is 21.0. The van der Waals surface area contributed by atoms with Crippen LogP contribution in [0.4, 0.5) is 8.78 Å². The maximum atomic E-state index is 13.1. The van der Waals surface area contributed by atoms with Crippen LogP contribution in [0, 0.1) is 0 Å². The zero-order valence-electron chi connectivity index (χ0n) is 12.1. The highest BCUT2D eigenvalue weighted by Gasteiger charge is 2.51. The van der Waals surface area contributed by atoms with Gasteiger partial charge in [-0.2, -0.15) is 0 Å². The molecule has 120 valence electrons. The number of nitrogens with zero attached hydrogens (tertiary/aromatic N) is 1. The molecule has 1 saturated heterocycles. The number of methoxy groups -OCH3 is 2. The molecule has 1 aromatic rings. The highest BCUT2D eigenvalue weighted by Crippen LogP contribution is 2.34. The number of benzene rings is 1. The number of amides is 1. The van der Waals surface area contributed by atoms with Crippen molar-refractivity contribution < 1.29 is 28.2 Å². The third-order valence-electron chi connectivity index (χ3n) is 3.28. The highest BCUT2D eigenvalue weighted by molar-refractivity contribution is 5.95. The van der Waals surface area contributed by atoms with Gasteiger partial charge in [0.05, 0.1) is 14.2 Å². The van der Waals surface area contributed by atoms with Crippen molar-refractivity contribution in [3.8, 4) is 11.5 Å². The lowest BCUT2D eigenvalue weighted by Gasteiger charge is -2.31. The van der Waals surface area contributed by atoms with E-state index in [1.165, 1.54) is 32.4 Å². The molecule has 22 heavy (non-hydrogen) atoms. The summed E-state index contributed by atoms with van der Waals surface area (Å²) in [6.07, 6.45) is -3.62. The van der Waals surface area contributed by atoms with Gasteiger partial charge in [-0.3, -0.25) is 10.2 Å². The van der Waals surface area contributed by atoms with Crippen LogP contribution in [-0.4, -0.2) is 42.4 Å². The molecule has 1 atom stereocenters. The predicted molar refractivity (Wildman–Crippen MR) is 73.6 cm³/mol. The van der Waals surface area contributed by atoms with E-state index >= 15 is 0 Å². The molecule has 0 aliphatic carbocycles. The Morgan fingerprint density at radius 1 is 1.36 bits per heavy atom. The van der Waals surface area contributed by atoms with Crippen molar-refractivity contribution in [3.05, 3.63) is 36.0 Å². The van der Waals surface area contributed by atoms with Crippen molar-refractivity contribution in [2.24, 2.45) is 0 Å². The van der Waals surface area contributed by atoms with Crippen LogP contribution in [-0.2, 0) is 0 Å². The first-order valence-electron chi connectivity index (χ1n) is 6.34. The molecule has 1 heterocycles. The molecule has 1 unspecified atom stereocenters. The Morgan fingerprint density at radius 3 is 2.36 bits per heavy atom. The molecule has 1 amide bonds. The van der Waals surface area contributed by atoms with Crippen molar-refractivity contribution >= 4 is 5.91 Å². The van der Waals surface area contributed by atoms with Crippen LogP contribution in [0.1, 0.15) is 16.8 Å². The molecule has 1 aromatic carbocycles. The van der Waals surface area contributed by atoms with Crippen LogP contribution in [0.2, 0.25) is 0 Å². The number of halogens is 2. The maximum Gasteiger partial charge on any atom is 0.287 e. The maximum absolute atomic E-state index is 13.1. The summed E-state index contributed by atoms with van der Waals surface area (Å²) in [4.78, 5) is 12.5. The van der Waals surface area contributed by atoms with Gasteiger partial charge < -0.3 is 14.6 Å². The minimum Gasteiger partial charge on any atom is -0.497 e. The largest absolute Gasteiger partial charge is 0.497 e. The number of rotatable bonds is 4. The number of carbonyl (C=O) groups is 1. The van der Waals surface area contributed by atoms with Crippen LogP contribution >= 0.6 is 0 Å². The molecule has 8 heteroatoms. The number of hydrazine groups is 1. The summed E-state index contributed by atoms with van der Waals surface area (Å²) in [6.45, 7) is 3.48. The molecule has 0 aromatic heterocycles. The van der Waals surface area contributed by atoms with Gasteiger partial charge in [-0.1, -0.05) is 6.58 Å². The van der Waals surface area contributed by atoms with E-state index < -0.39 is 24.5 Å². The Balaban J connectivity index is 2.40. The molecule has 1 fully saturated rings. The lowest BCUT2D eigenvalue weighted by atomic mass is 10.1. The lowest BCUT2D eigenvalue weighted by Crippen LogP contribution is -2.55. The zero-order chi connectivity index (χ0) is 16.5. The summed E-state index contributed by atoms with van der Waals surface area (Å²) in [5.74, 6) is -0.207. The van der Waals surface area contributed by atoms with Gasteiger partial charge in [0.15, 0.2) is 0 Å². The Morgan fingerprint density at radius 2 is 1.91 bits per heavy atom. The van der Waals surface area contributed by atoms with Gasteiger partial charge in [-0.25, -0.2) is 13.8 Å². The van der Waals surface area contributed by atoms with E-state index in [1.54, 1.807) is 0 Å². The minimum atomic E-state index is -3.16. The summed E-state index contributed by atoms with van der Waals surface area (Å²) in [5.41, 5.74) is -0.130. The number of nitrogens with one attached hydrogen (secondary N) is 1. The first-order valence-corrected chi connectivity index (χ1v) is 6.34. The zero-order valence-corrected chi connectivity index (χ0v) is 12.1. The molecule has 6 nitrogen and oxygen atoms in total. The average Bonchev–Trinajstić information content (AvgIpc) is 2.82. The smallest absolute Gasteiger partial charge is 0.287 e. The van der Waals surface area contributed by atoms with E-state index in [4.69, 9.17) is 9.47 Å². The Hall–Kier alpha value is -2.35. The third-order valence-corrected chi connectivity index (χ3v) is 3.28.